The van der Waals surface area contributed by atoms with Crippen LogP contribution in [0.2, 0.25) is 0 Å². The summed E-state index contributed by atoms with van der Waals surface area (Å²) in [4.78, 5) is 23.4. The Kier molecular flexibility index (Phi) is 10.1. The van der Waals surface area contributed by atoms with Crippen molar-refractivity contribution in [1.29, 1.82) is 0 Å². The number of rotatable bonds is 6. The van der Waals surface area contributed by atoms with Gasteiger partial charge in [0.15, 0.2) is 11.5 Å². The van der Waals surface area contributed by atoms with Crippen LogP contribution < -0.4 is 14.2 Å². The third-order valence-electron chi connectivity index (χ3n) is 6.20. The molecule has 3 rings (SSSR count). The molecule has 1 aromatic rings. The van der Waals surface area contributed by atoms with E-state index in [0.717, 1.165) is 48.7 Å². The number of piperazine rings is 1. The van der Waals surface area contributed by atoms with Gasteiger partial charge in [-0.3, -0.25) is 9.80 Å². The van der Waals surface area contributed by atoms with Crippen molar-refractivity contribution in [3.05, 3.63) is 17.7 Å². The van der Waals surface area contributed by atoms with Crippen LogP contribution in [0, 0.1) is 5.92 Å². The molecule has 1 saturated heterocycles. The average Bonchev–Trinajstić information content (AvgIpc) is 2.79. The summed E-state index contributed by atoms with van der Waals surface area (Å²) in [6.07, 6.45) is 5.57. The fraction of sp³-hybridized carbons (Fsp3) is 0.652. The van der Waals surface area contributed by atoms with Crippen molar-refractivity contribution in [2.24, 2.45) is 5.92 Å². The molecule has 1 aliphatic carbocycles. The molecule has 32 heavy (non-hydrogen) atoms. The van der Waals surface area contributed by atoms with Crippen molar-refractivity contribution in [1.82, 2.24) is 9.80 Å². The quantitative estimate of drug-likeness (QED) is 0.630. The van der Waals surface area contributed by atoms with Gasteiger partial charge in [-0.2, -0.15) is 0 Å². The van der Waals surface area contributed by atoms with Crippen molar-refractivity contribution in [3.63, 3.8) is 0 Å². The first-order chi connectivity index (χ1) is 15.3. The predicted molar refractivity (Wildman–Crippen MR) is 120 cm³/mol. The highest BCUT2D eigenvalue weighted by atomic mass is 16.5. The molecule has 180 valence electrons. The van der Waals surface area contributed by atoms with Gasteiger partial charge in [-0.05, 0) is 24.8 Å². The number of carboxylic acids is 2. The minimum absolute atomic E-state index is 0.712. The number of ether oxygens (including phenoxy) is 3. The summed E-state index contributed by atoms with van der Waals surface area (Å²) in [5.41, 5.74) is 1.16. The van der Waals surface area contributed by atoms with Crippen LogP contribution in [0.15, 0.2) is 12.1 Å². The second-order valence-corrected chi connectivity index (χ2v) is 8.37. The maximum absolute atomic E-state index is 9.10. The molecule has 0 bridgehead atoms. The van der Waals surface area contributed by atoms with Crippen molar-refractivity contribution in [2.75, 3.05) is 47.5 Å². The van der Waals surface area contributed by atoms with Crippen molar-refractivity contribution < 1.29 is 34.0 Å². The fourth-order valence-electron chi connectivity index (χ4n) is 4.48. The molecule has 2 atom stereocenters. The molecule has 1 aromatic carbocycles. The first-order valence-electron chi connectivity index (χ1n) is 11.0. The number of nitrogens with zero attached hydrogens (tertiary/aromatic N) is 2. The summed E-state index contributed by atoms with van der Waals surface area (Å²) >= 11 is 0. The maximum Gasteiger partial charge on any atom is 0.414 e. The summed E-state index contributed by atoms with van der Waals surface area (Å²) in [5.74, 6) is -0.415. The number of benzene rings is 1. The molecule has 2 aliphatic rings. The predicted octanol–water partition coefficient (Wildman–Crippen LogP) is 2.56. The largest absolute Gasteiger partial charge is 0.496 e. The van der Waals surface area contributed by atoms with Crippen LogP contribution in [0.25, 0.3) is 0 Å². The molecule has 9 nitrogen and oxygen atoms in total. The van der Waals surface area contributed by atoms with E-state index < -0.39 is 11.9 Å². The molecule has 0 spiro atoms. The van der Waals surface area contributed by atoms with Crippen LogP contribution in [0.4, 0.5) is 0 Å². The van der Waals surface area contributed by atoms with Gasteiger partial charge >= 0.3 is 11.9 Å². The highest BCUT2D eigenvalue weighted by molar-refractivity contribution is 6.27. The lowest BCUT2D eigenvalue weighted by atomic mass is 9.86. The Morgan fingerprint density at radius 2 is 1.47 bits per heavy atom. The number of hydrogen-bond donors (Lipinski definition) is 2. The number of methoxy groups -OCH3 is 3. The summed E-state index contributed by atoms with van der Waals surface area (Å²) in [6, 6.07) is 4.78. The molecule has 0 radical (unpaired) electrons. The number of aliphatic carboxylic acids is 2. The molecule has 1 aliphatic heterocycles. The van der Waals surface area contributed by atoms with Crippen LogP contribution in [-0.4, -0.2) is 85.5 Å². The van der Waals surface area contributed by atoms with E-state index in [4.69, 9.17) is 34.0 Å². The van der Waals surface area contributed by atoms with Gasteiger partial charge in [0.05, 0.1) is 21.3 Å². The highest BCUT2D eigenvalue weighted by Crippen LogP contribution is 2.35. The number of carboxylic acid groups (broad SMARTS) is 2. The van der Waals surface area contributed by atoms with Gasteiger partial charge in [0.2, 0.25) is 0 Å². The zero-order valence-electron chi connectivity index (χ0n) is 19.5. The van der Waals surface area contributed by atoms with E-state index in [1.165, 1.54) is 38.8 Å². The van der Waals surface area contributed by atoms with Crippen LogP contribution in [0.5, 0.6) is 17.2 Å². The Bertz CT molecular complexity index is 751. The minimum atomic E-state index is -1.82. The van der Waals surface area contributed by atoms with E-state index in [-0.39, 0.29) is 0 Å². The Labute approximate surface area is 189 Å². The van der Waals surface area contributed by atoms with E-state index in [1.54, 1.807) is 21.3 Å². The van der Waals surface area contributed by atoms with Crippen LogP contribution in [0.1, 0.15) is 38.2 Å². The lowest BCUT2D eigenvalue weighted by Gasteiger charge is -2.42. The van der Waals surface area contributed by atoms with E-state index in [9.17, 15) is 0 Å². The number of hydrogen-bond acceptors (Lipinski definition) is 7. The summed E-state index contributed by atoms with van der Waals surface area (Å²) in [5, 5.41) is 14.8. The van der Waals surface area contributed by atoms with E-state index in [0.29, 0.717) is 5.75 Å². The summed E-state index contributed by atoms with van der Waals surface area (Å²) in [7, 11) is 5.05. The first kappa shape index (κ1) is 25.7. The highest BCUT2D eigenvalue weighted by Gasteiger charge is 2.28. The van der Waals surface area contributed by atoms with Crippen LogP contribution in [-0.2, 0) is 16.1 Å². The van der Waals surface area contributed by atoms with Gasteiger partial charge in [-0.25, -0.2) is 9.59 Å². The minimum Gasteiger partial charge on any atom is -0.496 e. The molecular weight excluding hydrogens is 416 g/mol. The second-order valence-electron chi connectivity index (χ2n) is 8.37. The van der Waals surface area contributed by atoms with Gasteiger partial charge in [-0.1, -0.05) is 19.8 Å². The molecule has 1 saturated carbocycles. The van der Waals surface area contributed by atoms with Gasteiger partial charge in [0.25, 0.3) is 0 Å². The Hall–Kier alpha value is -2.52. The normalized spacial score (nSPS) is 21.8. The Morgan fingerprint density at radius 3 is 1.97 bits per heavy atom. The van der Waals surface area contributed by atoms with E-state index >= 15 is 0 Å². The van der Waals surface area contributed by atoms with Crippen molar-refractivity contribution in [3.8, 4) is 17.2 Å². The monoisotopic (exact) mass is 452 g/mol. The van der Waals surface area contributed by atoms with Crippen LogP contribution in [0.3, 0.4) is 0 Å². The Balaban J connectivity index is 0.000000534. The molecule has 2 unspecified atom stereocenters. The van der Waals surface area contributed by atoms with Gasteiger partial charge in [0.1, 0.15) is 5.75 Å². The zero-order valence-corrected chi connectivity index (χ0v) is 19.5. The lowest BCUT2D eigenvalue weighted by molar-refractivity contribution is -0.159. The second kappa shape index (κ2) is 12.5. The molecule has 2 N–H and O–H groups in total. The van der Waals surface area contributed by atoms with Gasteiger partial charge < -0.3 is 24.4 Å². The molecule has 1 heterocycles. The van der Waals surface area contributed by atoms with Crippen molar-refractivity contribution in [2.45, 2.75) is 45.2 Å². The molecular formula is C23H36N2O7. The van der Waals surface area contributed by atoms with E-state index in [2.05, 4.69) is 16.7 Å². The lowest BCUT2D eigenvalue weighted by Crippen LogP contribution is -2.50. The topological polar surface area (TPSA) is 109 Å². The molecule has 0 amide bonds. The molecule has 9 heteroatoms. The maximum atomic E-state index is 9.10. The molecule has 0 aromatic heterocycles. The third-order valence-corrected chi connectivity index (χ3v) is 6.20. The first-order valence-corrected chi connectivity index (χ1v) is 11.0. The third kappa shape index (κ3) is 7.27. The summed E-state index contributed by atoms with van der Waals surface area (Å²) < 4.78 is 16.4. The SMILES string of the molecule is COc1cc(OC)c(OC)cc1CN1CCN(C2CCCC(C)C2)CC1.O=C(O)C(=O)O. The molecule has 2 fully saturated rings. The fourth-order valence-corrected chi connectivity index (χ4v) is 4.48. The average molecular weight is 453 g/mol. The van der Waals surface area contributed by atoms with Crippen LogP contribution >= 0.6 is 0 Å². The summed E-state index contributed by atoms with van der Waals surface area (Å²) in [6.45, 7) is 7.87. The van der Waals surface area contributed by atoms with Gasteiger partial charge in [-0.15, -0.1) is 0 Å². The smallest absolute Gasteiger partial charge is 0.414 e. The van der Waals surface area contributed by atoms with E-state index in [1.807, 2.05) is 12.1 Å². The Morgan fingerprint density at radius 1 is 0.906 bits per heavy atom. The van der Waals surface area contributed by atoms with Crippen molar-refractivity contribution >= 4 is 11.9 Å². The van der Waals surface area contributed by atoms with Gasteiger partial charge in [0, 0.05) is 50.4 Å². The number of carbonyl (C=O) groups is 2. The zero-order chi connectivity index (χ0) is 23.7. The standard InChI is InChI=1S/C21H34N2O3.C2H2O4/c1-16-6-5-7-18(12-16)23-10-8-22(9-11-23)15-17-13-20(25-3)21(26-4)14-19(17)24-2;3-1(4)2(5)6/h13-14,16,18H,5-12,15H2,1-4H3;(H,3,4)(H,5,6).